The molecule has 3 rings (SSSR count). The van der Waals surface area contributed by atoms with Gasteiger partial charge in [-0.05, 0) is 46.3 Å². The van der Waals surface area contributed by atoms with Crippen molar-refractivity contribution in [2.24, 2.45) is 11.8 Å². The first-order valence-corrected chi connectivity index (χ1v) is 7.30. The first kappa shape index (κ1) is 12.9. The molecule has 1 aliphatic carbocycles. The monoisotopic (exact) mass is 324 g/mol. The molecule has 1 aliphatic heterocycles. The molecule has 0 spiro atoms. The van der Waals surface area contributed by atoms with Gasteiger partial charge in [0.2, 0.25) is 0 Å². The van der Waals surface area contributed by atoms with Crippen molar-refractivity contribution < 1.29 is 9.90 Å². The van der Waals surface area contributed by atoms with Crippen molar-refractivity contribution in [2.75, 3.05) is 23.8 Å². The molecule has 19 heavy (non-hydrogen) atoms. The molecule has 4 nitrogen and oxygen atoms in total. The summed E-state index contributed by atoms with van der Waals surface area (Å²) in [6.07, 6.45) is 0.247. The zero-order valence-electron chi connectivity index (χ0n) is 11.0. The first-order chi connectivity index (χ1) is 8.97. The summed E-state index contributed by atoms with van der Waals surface area (Å²) >= 11 is 3.53. The quantitative estimate of drug-likeness (QED) is 0.898. The van der Waals surface area contributed by atoms with E-state index in [-0.39, 0.29) is 5.91 Å². The lowest BCUT2D eigenvalue weighted by Crippen LogP contribution is -2.21. The smallest absolute Gasteiger partial charge is 0.257 e. The van der Waals surface area contributed by atoms with Crippen LogP contribution >= 0.6 is 15.9 Å². The van der Waals surface area contributed by atoms with Gasteiger partial charge in [-0.1, -0.05) is 6.92 Å². The van der Waals surface area contributed by atoms with Crippen molar-refractivity contribution in [3.05, 3.63) is 22.2 Å². The van der Waals surface area contributed by atoms with E-state index in [9.17, 15) is 9.90 Å². The van der Waals surface area contributed by atoms with Crippen LogP contribution in [-0.2, 0) is 4.79 Å². The zero-order valence-corrected chi connectivity index (χ0v) is 12.6. The number of aliphatic hydroxyl groups excluding tert-OH is 1. The highest BCUT2D eigenvalue weighted by molar-refractivity contribution is 9.10. The van der Waals surface area contributed by atoms with Crippen LogP contribution in [0, 0.1) is 11.8 Å². The summed E-state index contributed by atoms with van der Waals surface area (Å²) in [5.74, 6) is 1.24. The molecule has 3 atom stereocenters. The van der Waals surface area contributed by atoms with Gasteiger partial charge in [-0.3, -0.25) is 4.79 Å². The van der Waals surface area contributed by atoms with E-state index >= 15 is 0 Å². The molecular weight excluding hydrogens is 308 g/mol. The third kappa shape index (κ3) is 2.25. The molecule has 2 N–H and O–H groups in total. The highest BCUT2D eigenvalue weighted by atomic mass is 79.9. The summed E-state index contributed by atoms with van der Waals surface area (Å²) in [4.78, 5) is 13.7. The van der Waals surface area contributed by atoms with Gasteiger partial charge in [0.05, 0.1) is 5.69 Å². The summed E-state index contributed by atoms with van der Waals surface area (Å²) in [5.41, 5.74) is 2.41. The lowest BCUT2D eigenvalue weighted by Gasteiger charge is -2.22. The Kier molecular flexibility index (Phi) is 3.06. The molecule has 1 saturated carbocycles. The highest BCUT2D eigenvalue weighted by Crippen LogP contribution is 2.42. The van der Waals surface area contributed by atoms with Gasteiger partial charge < -0.3 is 15.3 Å². The summed E-state index contributed by atoms with van der Waals surface area (Å²) in [6.45, 7) is 3.29. The Bertz CT molecular complexity index is 546. The van der Waals surface area contributed by atoms with Gasteiger partial charge in [0.1, 0.15) is 0 Å². The highest BCUT2D eigenvalue weighted by Gasteiger charge is 2.34. The van der Waals surface area contributed by atoms with Gasteiger partial charge in [0.25, 0.3) is 5.91 Å². The number of nitrogens with zero attached hydrogens (tertiary/aromatic N) is 1. The fourth-order valence-electron chi connectivity index (χ4n) is 2.65. The third-order valence-electron chi connectivity index (χ3n) is 4.12. The third-order valence-corrected chi connectivity index (χ3v) is 4.75. The molecule has 3 unspecified atom stereocenters. The molecule has 1 heterocycles. The lowest BCUT2D eigenvalue weighted by molar-refractivity contribution is -0.123. The molecule has 1 aromatic rings. The first-order valence-electron chi connectivity index (χ1n) is 6.51. The average Bonchev–Trinajstić information content (AvgIpc) is 2.97. The van der Waals surface area contributed by atoms with Gasteiger partial charge in [-0.15, -0.1) is 0 Å². The number of carbonyl (C=O) groups is 1. The van der Waals surface area contributed by atoms with Crippen LogP contribution in [0.4, 0.5) is 11.4 Å². The van der Waals surface area contributed by atoms with E-state index in [0.717, 1.165) is 28.5 Å². The number of hydrogen-bond acceptors (Lipinski definition) is 3. The van der Waals surface area contributed by atoms with Gasteiger partial charge in [0, 0.05) is 29.3 Å². The van der Waals surface area contributed by atoms with Crippen LogP contribution in [-0.4, -0.2) is 24.6 Å². The van der Waals surface area contributed by atoms with Crippen LogP contribution in [0.2, 0.25) is 0 Å². The Hall–Kier alpha value is -1.07. The maximum Gasteiger partial charge on any atom is 0.257 e. The molecule has 0 radical (unpaired) electrons. The SMILES string of the molecule is CC1CC1CN(C)c1cc2c(cc1Br)C(O)C(=O)N2. The minimum Gasteiger partial charge on any atom is -0.378 e. The van der Waals surface area contributed by atoms with Crippen molar-refractivity contribution in [3.8, 4) is 0 Å². The minimum atomic E-state index is -1.05. The number of hydrogen-bond donors (Lipinski definition) is 2. The topological polar surface area (TPSA) is 52.6 Å². The number of fused-ring (bicyclic) bond motifs is 1. The number of halogens is 1. The van der Waals surface area contributed by atoms with E-state index in [1.54, 1.807) is 0 Å². The van der Waals surface area contributed by atoms with E-state index in [1.807, 2.05) is 12.1 Å². The standard InChI is InChI=1S/C14H17BrN2O2/c1-7-3-8(7)6-17(2)12-5-11-9(4-10(12)15)13(18)14(19)16-11/h4-5,7-8,13,18H,3,6H2,1-2H3,(H,16,19). The van der Waals surface area contributed by atoms with Gasteiger partial charge in [-0.25, -0.2) is 0 Å². The fourth-order valence-corrected chi connectivity index (χ4v) is 3.31. The number of aliphatic hydroxyl groups is 1. The van der Waals surface area contributed by atoms with Crippen LogP contribution in [0.1, 0.15) is 25.0 Å². The Morgan fingerprint density at radius 3 is 2.84 bits per heavy atom. The van der Waals surface area contributed by atoms with Crippen molar-refractivity contribution in [3.63, 3.8) is 0 Å². The second-order valence-electron chi connectivity index (χ2n) is 5.64. The maximum atomic E-state index is 11.5. The second kappa shape index (κ2) is 4.49. The number of rotatable bonds is 3. The predicted molar refractivity (Wildman–Crippen MR) is 78.3 cm³/mol. The van der Waals surface area contributed by atoms with Crippen LogP contribution in [0.5, 0.6) is 0 Å². The van der Waals surface area contributed by atoms with Gasteiger partial charge in [-0.2, -0.15) is 0 Å². The fraction of sp³-hybridized carbons (Fsp3) is 0.500. The number of nitrogens with one attached hydrogen (secondary N) is 1. The van der Waals surface area contributed by atoms with E-state index in [1.165, 1.54) is 6.42 Å². The molecule has 1 amide bonds. The minimum absolute atomic E-state index is 0.350. The molecule has 0 saturated heterocycles. The molecule has 5 heteroatoms. The predicted octanol–water partition coefficient (Wildman–Crippen LogP) is 2.53. The lowest BCUT2D eigenvalue weighted by atomic mass is 10.1. The molecule has 0 aromatic heterocycles. The average molecular weight is 325 g/mol. The van der Waals surface area contributed by atoms with Crippen LogP contribution in [0.15, 0.2) is 16.6 Å². The molecule has 102 valence electrons. The molecule has 0 bridgehead atoms. The molecular formula is C14H17BrN2O2. The van der Waals surface area contributed by atoms with E-state index in [0.29, 0.717) is 11.3 Å². The Balaban J connectivity index is 1.87. The van der Waals surface area contributed by atoms with Crippen LogP contribution in [0.25, 0.3) is 0 Å². The zero-order chi connectivity index (χ0) is 13.7. The van der Waals surface area contributed by atoms with Crippen LogP contribution < -0.4 is 10.2 Å². The number of benzene rings is 1. The van der Waals surface area contributed by atoms with Crippen molar-refractivity contribution in [1.29, 1.82) is 0 Å². The maximum absolute atomic E-state index is 11.5. The van der Waals surface area contributed by atoms with Crippen molar-refractivity contribution >= 4 is 33.2 Å². The number of carbonyl (C=O) groups excluding carboxylic acids is 1. The van der Waals surface area contributed by atoms with Gasteiger partial charge >= 0.3 is 0 Å². The summed E-state index contributed by atoms with van der Waals surface area (Å²) < 4.78 is 0.914. The second-order valence-corrected chi connectivity index (χ2v) is 6.49. The summed E-state index contributed by atoms with van der Waals surface area (Å²) in [6, 6.07) is 3.76. The Labute approximate surface area is 120 Å². The Morgan fingerprint density at radius 2 is 2.21 bits per heavy atom. The largest absolute Gasteiger partial charge is 0.378 e. The number of amides is 1. The van der Waals surface area contributed by atoms with E-state index in [4.69, 9.17) is 0 Å². The van der Waals surface area contributed by atoms with E-state index < -0.39 is 6.10 Å². The van der Waals surface area contributed by atoms with Crippen LogP contribution in [0.3, 0.4) is 0 Å². The van der Waals surface area contributed by atoms with Crippen molar-refractivity contribution in [2.45, 2.75) is 19.4 Å². The molecule has 1 fully saturated rings. The number of anilines is 2. The van der Waals surface area contributed by atoms with Crippen molar-refractivity contribution in [1.82, 2.24) is 0 Å². The summed E-state index contributed by atoms with van der Waals surface area (Å²) in [7, 11) is 2.06. The normalized spacial score (nSPS) is 28.0. The molecule has 2 aliphatic rings. The van der Waals surface area contributed by atoms with Gasteiger partial charge in [0.15, 0.2) is 6.10 Å². The Morgan fingerprint density at radius 1 is 1.53 bits per heavy atom. The summed E-state index contributed by atoms with van der Waals surface area (Å²) in [5, 5.41) is 12.5. The molecule has 1 aromatic carbocycles. The van der Waals surface area contributed by atoms with E-state index in [2.05, 4.69) is 40.1 Å².